The predicted octanol–water partition coefficient (Wildman–Crippen LogP) is 2.27. The van der Waals surface area contributed by atoms with Crippen LogP contribution in [0.4, 0.5) is 0 Å². The maximum absolute atomic E-state index is 12.7. The zero-order valence-electron chi connectivity index (χ0n) is 12.7. The van der Waals surface area contributed by atoms with Crippen LogP contribution in [0.2, 0.25) is 0 Å². The Balaban J connectivity index is 1.66. The highest BCUT2D eigenvalue weighted by Crippen LogP contribution is 2.37. The van der Waals surface area contributed by atoms with E-state index in [9.17, 15) is 9.59 Å². The molecule has 0 aromatic heterocycles. The molecule has 0 amide bonds. The van der Waals surface area contributed by atoms with Crippen molar-refractivity contribution in [3.63, 3.8) is 0 Å². The van der Waals surface area contributed by atoms with E-state index in [1.807, 2.05) is 6.07 Å². The van der Waals surface area contributed by atoms with E-state index < -0.39 is 6.04 Å². The molecule has 2 unspecified atom stereocenters. The molecule has 4 nitrogen and oxygen atoms in total. The van der Waals surface area contributed by atoms with E-state index in [2.05, 4.69) is 23.5 Å². The molecular formula is C17H21NO3S. The number of carbonyl (C=O) groups is 2. The molecule has 1 heterocycles. The second-order valence-electron chi connectivity index (χ2n) is 5.77. The Labute approximate surface area is 135 Å². The number of ketones is 1. The summed E-state index contributed by atoms with van der Waals surface area (Å²) in [4.78, 5) is 24.6. The summed E-state index contributed by atoms with van der Waals surface area (Å²) in [6.45, 7) is 2.13. The van der Waals surface area contributed by atoms with Gasteiger partial charge in [0.2, 0.25) is 0 Å². The van der Waals surface area contributed by atoms with Gasteiger partial charge in [-0.05, 0) is 36.8 Å². The first-order valence-electron chi connectivity index (χ1n) is 7.83. The van der Waals surface area contributed by atoms with Gasteiger partial charge in [-0.15, -0.1) is 11.8 Å². The molecule has 1 aromatic carbocycles. The lowest BCUT2D eigenvalue weighted by molar-refractivity contribution is -0.146. The van der Waals surface area contributed by atoms with Gasteiger partial charge in [-0.3, -0.25) is 14.9 Å². The second-order valence-corrected chi connectivity index (χ2v) is 6.90. The Morgan fingerprint density at radius 2 is 2.18 bits per heavy atom. The van der Waals surface area contributed by atoms with Crippen LogP contribution in [0.3, 0.4) is 0 Å². The third kappa shape index (κ3) is 3.06. The molecule has 1 aromatic rings. The SMILES string of the molecule is CCOC(=O)[C@H]1NCSC1C(=O)CC1CCc2ccccc21. The quantitative estimate of drug-likeness (QED) is 0.844. The molecule has 2 aliphatic rings. The van der Waals surface area contributed by atoms with E-state index >= 15 is 0 Å². The first kappa shape index (κ1) is 15.6. The van der Waals surface area contributed by atoms with Crippen molar-refractivity contribution in [2.75, 3.05) is 12.5 Å². The van der Waals surface area contributed by atoms with Crippen LogP contribution in [0.25, 0.3) is 0 Å². The van der Waals surface area contributed by atoms with Crippen molar-refractivity contribution in [3.8, 4) is 0 Å². The van der Waals surface area contributed by atoms with Gasteiger partial charge in [-0.1, -0.05) is 24.3 Å². The van der Waals surface area contributed by atoms with Gasteiger partial charge in [0, 0.05) is 12.3 Å². The molecule has 118 valence electrons. The molecule has 1 aliphatic carbocycles. The maximum atomic E-state index is 12.7. The highest BCUT2D eigenvalue weighted by molar-refractivity contribution is 8.00. The van der Waals surface area contributed by atoms with Gasteiger partial charge in [-0.2, -0.15) is 0 Å². The number of hydrogen-bond donors (Lipinski definition) is 1. The molecule has 0 radical (unpaired) electrons. The van der Waals surface area contributed by atoms with Crippen molar-refractivity contribution in [1.82, 2.24) is 5.32 Å². The van der Waals surface area contributed by atoms with Crippen LogP contribution in [-0.4, -0.2) is 35.5 Å². The third-order valence-electron chi connectivity index (χ3n) is 4.43. The minimum atomic E-state index is -0.492. The Morgan fingerprint density at radius 1 is 1.36 bits per heavy atom. The highest BCUT2D eigenvalue weighted by Gasteiger charge is 2.40. The molecular weight excluding hydrogens is 298 g/mol. The number of esters is 1. The maximum Gasteiger partial charge on any atom is 0.324 e. The number of fused-ring (bicyclic) bond motifs is 1. The van der Waals surface area contributed by atoms with Crippen LogP contribution in [0.5, 0.6) is 0 Å². The van der Waals surface area contributed by atoms with Crippen LogP contribution < -0.4 is 5.32 Å². The molecule has 3 rings (SSSR count). The number of Topliss-reactive ketones (excluding diaryl/α,β-unsaturated/α-hetero) is 1. The lowest BCUT2D eigenvalue weighted by Gasteiger charge is -2.18. The average Bonchev–Trinajstić information content (AvgIpc) is 3.15. The lowest BCUT2D eigenvalue weighted by Crippen LogP contribution is -2.43. The van der Waals surface area contributed by atoms with Gasteiger partial charge in [0.25, 0.3) is 0 Å². The number of nitrogens with one attached hydrogen (secondary N) is 1. The van der Waals surface area contributed by atoms with Crippen molar-refractivity contribution in [3.05, 3.63) is 35.4 Å². The van der Waals surface area contributed by atoms with Gasteiger partial charge in [0.05, 0.1) is 11.9 Å². The summed E-state index contributed by atoms with van der Waals surface area (Å²) in [6, 6.07) is 7.87. The largest absolute Gasteiger partial charge is 0.465 e. The van der Waals surface area contributed by atoms with Crippen molar-refractivity contribution < 1.29 is 14.3 Å². The van der Waals surface area contributed by atoms with E-state index in [4.69, 9.17) is 4.74 Å². The molecule has 0 saturated carbocycles. The Bertz CT molecular complexity index is 575. The van der Waals surface area contributed by atoms with Gasteiger partial charge in [0.1, 0.15) is 11.8 Å². The molecule has 3 atom stereocenters. The molecule has 0 bridgehead atoms. The van der Waals surface area contributed by atoms with Crippen LogP contribution >= 0.6 is 11.8 Å². The van der Waals surface area contributed by atoms with Gasteiger partial charge in [-0.25, -0.2) is 0 Å². The van der Waals surface area contributed by atoms with Crippen LogP contribution in [0.15, 0.2) is 24.3 Å². The van der Waals surface area contributed by atoms with E-state index in [-0.39, 0.29) is 17.0 Å². The van der Waals surface area contributed by atoms with E-state index in [0.29, 0.717) is 24.8 Å². The minimum absolute atomic E-state index is 0.162. The Morgan fingerprint density at radius 3 is 3.00 bits per heavy atom. The van der Waals surface area contributed by atoms with Gasteiger partial charge in [0.15, 0.2) is 0 Å². The molecule has 1 aliphatic heterocycles. The third-order valence-corrected chi connectivity index (χ3v) is 5.66. The zero-order valence-corrected chi connectivity index (χ0v) is 13.5. The second kappa shape index (κ2) is 6.84. The standard InChI is InChI=1S/C17H21NO3S/c1-2-21-17(20)15-16(22-10-18-15)14(19)9-12-8-7-11-5-3-4-6-13(11)12/h3-6,12,15-16,18H,2,7-10H2,1H3/t12?,15-,16?/m0/s1. The summed E-state index contributed by atoms with van der Waals surface area (Å²) in [5.41, 5.74) is 2.67. The van der Waals surface area contributed by atoms with Crippen LogP contribution in [0, 0.1) is 0 Å². The lowest BCUT2D eigenvalue weighted by atomic mass is 9.93. The first-order valence-corrected chi connectivity index (χ1v) is 8.87. The summed E-state index contributed by atoms with van der Waals surface area (Å²) < 4.78 is 5.07. The topological polar surface area (TPSA) is 55.4 Å². The number of carbonyl (C=O) groups excluding carboxylic acids is 2. The molecule has 0 spiro atoms. The fourth-order valence-electron chi connectivity index (χ4n) is 3.37. The number of hydrogen-bond acceptors (Lipinski definition) is 5. The van der Waals surface area contributed by atoms with E-state index in [1.165, 1.54) is 22.9 Å². The fraction of sp³-hybridized carbons (Fsp3) is 0.529. The summed E-state index contributed by atoms with van der Waals surface area (Å²) in [7, 11) is 0. The number of rotatable bonds is 5. The number of benzene rings is 1. The van der Waals surface area contributed by atoms with Gasteiger partial charge >= 0.3 is 5.97 Å². The van der Waals surface area contributed by atoms with Crippen LogP contribution in [-0.2, 0) is 20.7 Å². The Hall–Kier alpha value is -1.33. The highest BCUT2D eigenvalue weighted by atomic mass is 32.2. The summed E-state index contributed by atoms with van der Waals surface area (Å²) >= 11 is 1.52. The molecule has 1 fully saturated rings. The van der Waals surface area contributed by atoms with Crippen molar-refractivity contribution >= 4 is 23.5 Å². The summed E-state index contributed by atoms with van der Waals surface area (Å²) in [5, 5.41) is 2.77. The van der Waals surface area contributed by atoms with Crippen molar-refractivity contribution in [2.45, 2.75) is 43.4 Å². The fourth-order valence-corrected chi connectivity index (χ4v) is 4.50. The number of ether oxygens (including phenoxy) is 1. The molecule has 1 saturated heterocycles. The zero-order chi connectivity index (χ0) is 15.5. The normalized spacial score (nSPS) is 26.7. The van der Waals surface area contributed by atoms with Crippen molar-refractivity contribution in [1.29, 1.82) is 0 Å². The van der Waals surface area contributed by atoms with E-state index in [1.54, 1.807) is 6.92 Å². The smallest absolute Gasteiger partial charge is 0.324 e. The average molecular weight is 319 g/mol. The monoisotopic (exact) mass is 319 g/mol. The van der Waals surface area contributed by atoms with Gasteiger partial charge < -0.3 is 4.74 Å². The number of aryl methyl sites for hydroxylation is 1. The van der Waals surface area contributed by atoms with E-state index in [0.717, 1.165) is 12.8 Å². The Kier molecular flexibility index (Phi) is 4.84. The first-order chi connectivity index (χ1) is 10.7. The summed E-state index contributed by atoms with van der Waals surface area (Å²) in [6.07, 6.45) is 2.59. The predicted molar refractivity (Wildman–Crippen MR) is 86.9 cm³/mol. The van der Waals surface area contributed by atoms with Crippen molar-refractivity contribution in [2.24, 2.45) is 0 Å². The molecule has 22 heavy (non-hydrogen) atoms. The van der Waals surface area contributed by atoms with Crippen LogP contribution in [0.1, 0.15) is 36.8 Å². The molecule has 5 heteroatoms. The molecule has 1 N–H and O–H groups in total. The number of thioether (sulfide) groups is 1. The minimum Gasteiger partial charge on any atom is -0.465 e. The summed E-state index contributed by atoms with van der Waals surface area (Å²) in [5.74, 6) is 0.779.